The lowest BCUT2D eigenvalue weighted by atomic mass is 10.1. The average molecular weight is 326 g/mol. The van der Waals surface area contributed by atoms with E-state index in [1.165, 1.54) is 6.07 Å². The Balaban J connectivity index is 2.36. The quantitative estimate of drug-likeness (QED) is 0.791. The van der Waals surface area contributed by atoms with Crippen molar-refractivity contribution in [1.82, 2.24) is 0 Å². The highest BCUT2D eigenvalue weighted by atomic mass is 16.5. The van der Waals surface area contributed by atoms with E-state index in [0.29, 0.717) is 36.0 Å². The summed E-state index contributed by atoms with van der Waals surface area (Å²) in [6.45, 7) is 6.43. The second-order valence-corrected chi connectivity index (χ2v) is 5.10. The van der Waals surface area contributed by atoms with Crippen molar-refractivity contribution in [2.45, 2.75) is 20.8 Å². The van der Waals surface area contributed by atoms with E-state index in [2.05, 4.69) is 10.3 Å². The fraction of sp³-hybridized carbons (Fsp3) is 0.278. The Bertz CT molecular complexity index is 764. The number of ether oxygens (including phenoxy) is 2. The number of carbonyl (C=O) groups is 1. The fourth-order valence-electron chi connectivity index (χ4n) is 2.17. The molecular formula is C18H20N3O3+. The predicted molar refractivity (Wildman–Crippen MR) is 92.7 cm³/mol. The third kappa shape index (κ3) is 4.02. The predicted octanol–water partition coefficient (Wildman–Crippen LogP) is 4.53. The Morgan fingerprint density at radius 2 is 1.71 bits per heavy atom. The first-order valence-electron chi connectivity index (χ1n) is 7.75. The van der Waals surface area contributed by atoms with Crippen LogP contribution in [-0.4, -0.2) is 19.1 Å². The lowest BCUT2D eigenvalue weighted by molar-refractivity contribution is 0.102. The molecule has 0 heterocycles. The number of hydrogen-bond acceptors (Lipinski definition) is 4. The molecule has 2 aromatic rings. The van der Waals surface area contributed by atoms with E-state index in [1.54, 1.807) is 18.2 Å². The number of anilines is 1. The van der Waals surface area contributed by atoms with Crippen molar-refractivity contribution >= 4 is 17.3 Å². The summed E-state index contributed by atoms with van der Waals surface area (Å²) in [6.07, 6.45) is 0. The van der Waals surface area contributed by atoms with Gasteiger partial charge in [-0.1, -0.05) is 17.7 Å². The van der Waals surface area contributed by atoms with Crippen LogP contribution in [0.3, 0.4) is 0 Å². The molecule has 2 rings (SSSR count). The van der Waals surface area contributed by atoms with Crippen LogP contribution in [0, 0.1) is 12.3 Å². The van der Waals surface area contributed by atoms with Crippen LogP contribution < -0.4 is 14.8 Å². The number of hydrogen-bond donors (Lipinski definition) is 1. The van der Waals surface area contributed by atoms with E-state index < -0.39 is 0 Å². The summed E-state index contributed by atoms with van der Waals surface area (Å²) in [4.78, 5) is 15.6. The summed E-state index contributed by atoms with van der Waals surface area (Å²) in [7, 11) is 0. The number of carbonyl (C=O) groups excluding carboxylic acids is 1. The molecule has 0 aliphatic heterocycles. The third-order valence-electron chi connectivity index (χ3n) is 3.33. The monoisotopic (exact) mass is 326 g/mol. The molecule has 0 fully saturated rings. The van der Waals surface area contributed by atoms with Crippen LogP contribution >= 0.6 is 0 Å². The van der Waals surface area contributed by atoms with Gasteiger partial charge in [0.25, 0.3) is 5.91 Å². The molecule has 0 unspecified atom stereocenters. The minimum absolute atomic E-state index is 0.244. The zero-order chi connectivity index (χ0) is 17.5. The highest BCUT2D eigenvalue weighted by molar-refractivity contribution is 6.05. The summed E-state index contributed by atoms with van der Waals surface area (Å²) < 4.78 is 11.0. The molecule has 1 N–H and O–H groups in total. The molecule has 0 saturated carbocycles. The number of nitrogens with zero attached hydrogens (tertiary/aromatic N) is 2. The van der Waals surface area contributed by atoms with Crippen molar-refractivity contribution < 1.29 is 14.3 Å². The van der Waals surface area contributed by atoms with Gasteiger partial charge in [0.1, 0.15) is 0 Å². The van der Waals surface area contributed by atoms with Crippen LogP contribution in [0.1, 0.15) is 29.8 Å². The topological polar surface area (TPSA) is 75.7 Å². The van der Waals surface area contributed by atoms with Crippen LogP contribution in [0.4, 0.5) is 11.4 Å². The molecule has 1 amide bonds. The molecule has 0 aromatic heterocycles. The van der Waals surface area contributed by atoms with Gasteiger partial charge in [0.05, 0.1) is 25.0 Å². The fourth-order valence-corrected chi connectivity index (χ4v) is 2.17. The van der Waals surface area contributed by atoms with Gasteiger partial charge >= 0.3 is 5.69 Å². The maximum Gasteiger partial charge on any atom is 0.430 e. The first-order valence-corrected chi connectivity index (χ1v) is 7.75. The lowest BCUT2D eigenvalue weighted by Crippen LogP contribution is -2.13. The zero-order valence-corrected chi connectivity index (χ0v) is 14.0. The summed E-state index contributed by atoms with van der Waals surface area (Å²) in [5, 5.41) is 11.9. The van der Waals surface area contributed by atoms with E-state index in [9.17, 15) is 4.79 Å². The van der Waals surface area contributed by atoms with Crippen LogP contribution in [0.15, 0.2) is 36.4 Å². The number of nitrogens with one attached hydrogen (secondary N) is 1. The number of rotatable bonds is 6. The standard InChI is InChI=1S/C18H19N3O3/c1-4-23-16-11-15(21-19)17(24-5-2)10-14(16)20-18(22)13-8-6-12(3)7-9-13/h6-11H,4-5H2,1-3H3/p+1. The molecule has 0 atom stereocenters. The molecule has 6 heteroatoms. The van der Waals surface area contributed by atoms with Crippen LogP contribution in [0.5, 0.6) is 11.5 Å². The van der Waals surface area contributed by atoms with Gasteiger partial charge in [-0.15, -0.1) is 0 Å². The first-order chi connectivity index (χ1) is 11.6. The molecule has 0 bridgehead atoms. The number of diazo groups is 1. The van der Waals surface area contributed by atoms with Gasteiger partial charge in [0.2, 0.25) is 11.1 Å². The molecule has 24 heavy (non-hydrogen) atoms. The summed E-state index contributed by atoms with van der Waals surface area (Å²) in [5.41, 5.74) is 2.32. The van der Waals surface area contributed by atoms with Gasteiger partial charge in [0.15, 0.2) is 10.7 Å². The number of benzene rings is 2. The lowest BCUT2D eigenvalue weighted by Gasteiger charge is -2.12. The van der Waals surface area contributed by atoms with Crippen molar-refractivity contribution in [2.24, 2.45) is 0 Å². The van der Waals surface area contributed by atoms with Crippen molar-refractivity contribution in [2.75, 3.05) is 18.5 Å². The van der Waals surface area contributed by atoms with Gasteiger partial charge < -0.3 is 14.8 Å². The Labute approximate surface area is 141 Å². The molecule has 2 aromatic carbocycles. The maximum absolute atomic E-state index is 12.4. The van der Waals surface area contributed by atoms with Gasteiger partial charge in [-0.3, -0.25) is 4.79 Å². The van der Waals surface area contributed by atoms with Crippen molar-refractivity contribution in [1.29, 1.82) is 5.39 Å². The Kier molecular flexibility index (Phi) is 5.74. The van der Waals surface area contributed by atoms with Crippen molar-refractivity contribution in [3.8, 4) is 11.5 Å². The van der Waals surface area contributed by atoms with Crippen LogP contribution in [0.2, 0.25) is 0 Å². The summed E-state index contributed by atoms with van der Waals surface area (Å²) >= 11 is 0. The minimum atomic E-state index is -0.257. The van der Waals surface area contributed by atoms with Gasteiger partial charge in [-0.05, 0) is 32.9 Å². The highest BCUT2D eigenvalue weighted by Gasteiger charge is 2.22. The van der Waals surface area contributed by atoms with Crippen LogP contribution in [0.25, 0.3) is 4.98 Å². The Morgan fingerprint density at radius 1 is 1.08 bits per heavy atom. The van der Waals surface area contributed by atoms with Gasteiger partial charge in [-0.2, -0.15) is 0 Å². The molecule has 6 nitrogen and oxygen atoms in total. The SMILES string of the molecule is CCOc1cc(NC(=O)c2ccc(C)cc2)c(OCC)cc1[N+]#N. The molecule has 0 saturated heterocycles. The molecule has 0 radical (unpaired) electrons. The summed E-state index contributed by atoms with van der Waals surface area (Å²) in [6, 6.07) is 10.4. The Morgan fingerprint density at radius 3 is 2.29 bits per heavy atom. The third-order valence-corrected chi connectivity index (χ3v) is 3.33. The average Bonchev–Trinajstić information content (AvgIpc) is 2.58. The molecule has 0 aliphatic rings. The molecule has 124 valence electrons. The second-order valence-electron chi connectivity index (χ2n) is 5.10. The maximum atomic E-state index is 12.4. The Hall–Kier alpha value is -3.07. The van der Waals surface area contributed by atoms with Crippen molar-refractivity contribution in [3.63, 3.8) is 0 Å². The minimum Gasteiger partial charge on any atom is -0.491 e. The largest absolute Gasteiger partial charge is 0.491 e. The van der Waals surface area contributed by atoms with Crippen LogP contribution in [-0.2, 0) is 0 Å². The first kappa shape index (κ1) is 17.3. The van der Waals surface area contributed by atoms with Gasteiger partial charge in [0, 0.05) is 11.6 Å². The molecular weight excluding hydrogens is 306 g/mol. The zero-order valence-electron chi connectivity index (χ0n) is 14.0. The van der Waals surface area contributed by atoms with E-state index in [-0.39, 0.29) is 11.6 Å². The molecule has 0 aliphatic carbocycles. The van der Waals surface area contributed by atoms with Gasteiger partial charge in [-0.25, -0.2) is 0 Å². The van der Waals surface area contributed by atoms with E-state index in [4.69, 9.17) is 14.9 Å². The highest BCUT2D eigenvalue weighted by Crippen LogP contribution is 2.38. The smallest absolute Gasteiger partial charge is 0.430 e. The summed E-state index contributed by atoms with van der Waals surface area (Å²) in [5.74, 6) is 0.518. The number of amides is 1. The number of aryl methyl sites for hydroxylation is 1. The second kappa shape index (κ2) is 7.97. The van der Waals surface area contributed by atoms with Crippen molar-refractivity contribution in [3.05, 3.63) is 52.5 Å². The van der Waals surface area contributed by atoms with E-state index >= 15 is 0 Å². The normalized spacial score (nSPS) is 9.92. The van der Waals surface area contributed by atoms with E-state index in [1.807, 2.05) is 32.9 Å². The van der Waals surface area contributed by atoms with E-state index in [0.717, 1.165) is 5.56 Å². The molecule has 0 spiro atoms.